The lowest BCUT2D eigenvalue weighted by Crippen LogP contribution is -2.40. The largest absolute Gasteiger partial charge is 0.353 e. The van der Waals surface area contributed by atoms with Gasteiger partial charge in [0.1, 0.15) is 12.1 Å². The molecule has 0 saturated heterocycles. The van der Waals surface area contributed by atoms with Crippen LogP contribution in [-0.2, 0) is 4.79 Å². The molecule has 58 valence electrons. The summed E-state index contributed by atoms with van der Waals surface area (Å²) in [5.74, 6) is -0.673. The monoisotopic (exact) mass is 169 g/mol. The lowest BCUT2D eigenvalue weighted by atomic mass is 10.2. The van der Waals surface area contributed by atoms with E-state index in [0.29, 0.717) is 6.54 Å². The van der Waals surface area contributed by atoms with Crippen LogP contribution >= 0.6 is 12.6 Å². The number of carbonyl (C=O) groups is 1. The fourth-order valence-electron chi connectivity index (χ4n) is 0.415. The van der Waals surface area contributed by atoms with Crippen molar-refractivity contribution in [2.75, 3.05) is 6.54 Å². The highest BCUT2D eigenvalue weighted by Gasteiger charge is 2.34. The van der Waals surface area contributed by atoms with Crippen molar-refractivity contribution in [1.29, 1.82) is 10.5 Å². The number of nitrogens with one attached hydrogen (secondary N) is 1. The summed E-state index contributed by atoms with van der Waals surface area (Å²) in [5, 5.41) is 19.1. The van der Waals surface area contributed by atoms with E-state index in [0.717, 1.165) is 0 Å². The fourth-order valence-corrected chi connectivity index (χ4v) is 0.494. The Morgan fingerprint density at radius 3 is 2.36 bits per heavy atom. The molecule has 0 atom stereocenters. The van der Waals surface area contributed by atoms with Gasteiger partial charge in [-0.25, -0.2) is 0 Å². The van der Waals surface area contributed by atoms with Crippen LogP contribution in [0.25, 0.3) is 0 Å². The lowest BCUT2D eigenvalue weighted by molar-refractivity contribution is -0.120. The van der Waals surface area contributed by atoms with E-state index >= 15 is 0 Å². The van der Waals surface area contributed by atoms with Crippen LogP contribution in [0.1, 0.15) is 6.92 Å². The molecule has 0 aliphatic rings. The second kappa shape index (κ2) is 3.85. The minimum absolute atomic E-state index is 0.379. The number of amides is 1. The van der Waals surface area contributed by atoms with Crippen LogP contribution in [0, 0.1) is 22.7 Å². The van der Waals surface area contributed by atoms with Gasteiger partial charge in [-0.1, -0.05) is 0 Å². The molecule has 0 radical (unpaired) electrons. The van der Waals surface area contributed by atoms with Crippen molar-refractivity contribution < 1.29 is 4.79 Å². The first-order chi connectivity index (χ1) is 5.10. The number of hydrogen-bond acceptors (Lipinski definition) is 4. The summed E-state index contributed by atoms with van der Waals surface area (Å²) in [7, 11) is 0. The number of thiol groups is 1. The van der Waals surface area contributed by atoms with E-state index in [1.807, 2.05) is 0 Å². The van der Waals surface area contributed by atoms with Gasteiger partial charge in [0.15, 0.2) is 0 Å². The molecule has 0 aliphatic carbocycles. The highest BCUT2D eigenvalue weighted by atomic mass is 32.1. The molecular weight excluding hydrogens is 162 g/mol. The average Bonchev–Trinajstić information content (AvgIpc) is 2.03. The molecule has 1 amide bonds. The van der Waals surface area contributed by atoms with Gasteiger partial charge < -0.3 is 5.32 Å². The van der Waals surface area contributed by atoms with Gasteiger partial charge in [-0.3, -0.25) is 4.79 Å². The summed E-state index contributed by atoms with van der Waals surface area (Å²) in [5.41, 5.74) is 0. The summed E-state index contributed by atoms with van der Waals surface area (Å²) in [6.45, 7) is 2.07. The van der Waals surface area contributed by atoms with E-state index in [1.165, 1.54) is 12.1 Å². The molecule has 0 aromatic carbocycles. The van der Waals surface area contributed by atoms with Crippen molar-refractivity contribution >= 4 is 18.5 Å². The summed E-state index contributed by atoms with van der Waals surface area (Å²) in [6, 6.07) is 3.01. The van der Waals surface area contributed by atoms with Crippen LogP contribution in [0.15, 0.2) is 0 Å². The third-order valence-electron chi connectivity index (χ3n) is 0.990. The molecule has 0 aromatic heterocycles. The predicted octanol–water partition coefficient (Wildman–Crippen LogP) is -0.162. The molecule has 1 N–H and O–H groups in total. The maximum absolute atomic E-state index is 10.9. The van der Waals surface area contributed by atoms with E-state index in [4.69, 9.17) is 10.5 Å². The topological polar surface area (TPSA) is 76.7 Å². The quantitative estimate of drug-likeness (QED) is 0.564. The zero-order valence-electron chi connectivity index (χ0n) is 5.96. The Hall–Kier alpha value is -1.20. The Morgan fingerprint density at radius 1 is 1.64 bits per heavy atom. The normalized spacial score (nSPS) is 9.45. The molecule has 4 nitrogen and oxygen atoms in total. The lowest BCUT2D eigenvalue weighted by Gasteiger charge is -2.09. The van der Waals surface area contributed by atoms with Crippen molar-refractivity contribution in [2.45, 2.75) is 11.7 Å². The highest BCUT2D eigenvalue weighted by molar-refractivity contribution is 7.83. The van der Waals surface area contributed by atoms with Gasteiger partial charge in [0.2, 0.25) is 0 Å². The molecule has 0 spiro atoms. The molecule has 11 heavy (non-hydrogen) atoms. The summed E-state index contributed by atoms with van der Waals surface area (Å²) >= 11 is 3.61. The molecular formula is C6H7N3OS. The molecule has 0 fully saturated rings. The van der Waals surface area contributed by atoms with E-state index in [-0.39, 0.29) is 0 Å². The molecule has 0 bridgehead atoms. The molecule has 0 aliphatic heterocycles. The van der Waals surface area contributed by atoms with Gasteiger partial charge in [0.05, 0.1) is 0 Å². The number of nitrogens with zero attached hydrogens (tertiary/aromatic N) is 2. The first-order valence-electron chi connectivity index (χ1n) is 2.94. The van der Waals surface area contributed by atoms with E-state index in [9.17, 15) is 4.79 Å². The third kappa shape index (κ3) is 2.14. The molecule has 5 heteroatoms. The van der Waals surface area contributed by atoms with Crippen molar-refractivity contribution in [3.05, 3.63) is 0 Å². The molecule has 0 saturated carbocycles. The van der Waals surface area contributed by atoms with Crippen LogP contribution in [0.4, 0.5) is 0 Å². The van der Waals surface area contributed by atoms with Gasteiger partial charge in [-0.15, -0.1) is 12.6 Å². The molecule has 0 aromatic rings. The van der Waals surface area contributed by atoms with Crippen molar-refractivity contribution in [2.24, 2.45) is 0 Å². The van der Waals surface area contributed by atoms with E-state index in [1.54, 1.807) is 6.92 Å². The Kier molecular flexibility index (Phi) is 3.43. The van der Waals surface area contributed by atoms with Gasteiger partial charge in [0, 0.05) is 6.54 Å². The standard InChI is InChI=1S/C6H7N3OS/c1-2-9-5(10)6(11,3-7)4-8/h11H,2H2,1H3,(H,9,10). The Balaban J connectivity index is 4.45. The molecule has 0 heterocycles. The SMILES string of the molecule is CCNC(=O)C(S)(C#N)C#N. The van der Waals surface area contributed by atoms with Crippen LogP contribution in [0.3, 0.4) is 0 Å². The Bertz CT molecular complexity index is 223. The third-order valence-corrected chi connectivity index (χ3v) is 1.39. The van der Waals surface area contributed by atoms with Crippen LogP contribution in [0.2, 0.25) is 0 Å². The van der Waals surface area contributed by atoms with Crippen molar-refractivity contribution in [3.8, 4) is 12.1 Å². The summed E-state index contributed by atoms with van der Waals surface area (Å²) in [6.07, 6.45) is 0. The smallest absolute Gasteiger partial charge is 0.265 e. The van der Waals surface area contributed by atoms with Gasteiger partial charge in [0.25, 0.3) is 10.7 Å². The van der Waals surface area contributed by atoms with Crippen LogP contribution < -0.4 is 5.32 Å². The molecule has 0 unspecified atom stereocenters. The van der Waals surface area contributed by atoms with Crippen LogP contribution in [0.5, 0.6) is 0 Å². The highest BCUT2D eigenvalue weighted by Crippen LogP contribution is 2.10. The molecule has 0 rings (SSSR count). The minimum Gasteiger partial charge on any atom is -0.353 e. The maximum atomic E-state index is 10.9. The number of rotatable bonds is 2. The summed E-state index contributed by atoms with van der Waals surface area (Å²) < 4.78 is -1.85. The predicted molar refractivity (Wildman–Crippen MR) is 41.6 cm³/mol. The number of hydrogen-bond donors (Lipinski definition) is 2. The van der Waals surface area contributed by atoms with Crippen molar-refractivity contribution in [3.63, 3.8) is 0 Å². The maximum Gasteiger partial charge on any atom is 0.265 e. The fraction of sp³-hybridized carbons (Fsp3) is 0.500. The second-order valence-corrected chi connectivity index (χ2v) is 2.46. The average molecular weight is 169 g/mol. The Morgan fingerprint density at radius 2 is 2.09 bits per heavy atom. The zero-order valence-corrected chi connectivity index (χ0v) is 6.85. The first-order valence-corrected chi connectivity index (χ1v) is 3.38. The van der Waals surface area contributed by atoms with Gasteiger partial charge >= 0.3 is 0 Å². The zero-order chi connectivity index (χ0) is 8.91. The van der Waals surface area contributed by atoms with Gasteiger partial charge in [-0.05, 0) is 6.92 Å². The minimum atomic E-state index is -1.85. The van der Waals surface area contributed by atoms with E-state index in [2.05, 4.69) is 17.9 Å². The van der Waals surface area contributed by atoms with Gasteiger partial charge in [-0.2, -0.15) is 10.5 Å². The van der Waals surface area contributed by atoms with E-state index < -0.39 is 10.7 Å². The van der Waals surface area contributed by atoms with Crippen molar-refractivity contribution in [1.82, 2.24) is 5.32 Å². The van der Waals surface area contributed by atoms with Crippen LogP contribution in [-0.4, -0.2) is 17.2 Å². The summed E-state index contributed by atoms with van der Waals surface area (Å²) in [4.78, 5) is 10.9. The first kappa shape index (κ1) is 9.80. The second-order valence-electron chi connectivity index (χ2n) is 1.79. The number of carbonyl (C=O) groups excluding carboxylic acids is 1. The number of nitriles is 2. The Labute approximate surface area is 70.2 Å².